The molecule has 0 aliphatic carbocycles. The molecule has 0 aromatic carbocycles. The molecule has 0 aliphatic heterocycles. The third-order valence-corrected chi connectivity index (χ3v) is 2.76. The topological polar surface area (TPSA) is 90.6 Å². The molecule has 0 fully saturated rings. The van der Waals surface area contributed by atoms with Gasteiger partial charge in [0.2, 0.25) is 5.91 Å². The fourth-order valence-electron chi connectivity index (χ4n) is 1.06. The molecule has 0 spiro atoms. The third-order valence-electron chi connectivity index (χ3n) is 1.86. The van der Waals surface area contributed by atoms with Gasteiger partial charge in [-0.05, 0) is 0 Å². The summed E-state index contributed by atoms with van der Waals surface area (Å²) in [6, 6.07) is 1.97. The normalized spacial score (nSPS) is 9.65. The molecular weight excluding hydrogens is 244 g/mol. The number of carbonyl (C=O) groups excluding carboxylic acids is 1. The highest BCUT2D eigenvalue weighted by Gasteiger charge is 2.13. The summed E-state index contributed by atoms with van der Waals surface area (Å²) >= 11 is 1.05. The van der Waals surface area contributed by atoms with Crippen molar-refractivity contribution in [2.75, 3.05) is 38.3 Å². The number of ether oxygens (including phenoxy) is 1. The summed E-state index contributed by atoms with van der Waals surface area (Å²) in [5, 5.41) is 16.9. The van der Waals surface area contributed by atoms with Gasteiger partial charge in [-0.3, -0.25) is 9.59 Å². The molecule has 0 unspecified atom stereocenters. The number of amides is 1. The number of aliphatic carboxylic acids is 1. The van der Waals surface area contributed by atoms with Crippen LogP contribution in [0.1, 0.15) is 6.42 Å². The third kappa shape index (κ3) is 8.54. The number of carboxylic acid groups (broad SMARTS) is 1. The van der Waals surface area contributed by atoms with Crippen LogP contribution in [0, 0.1) is 11.3 Å². The minimum Gasteiger partial charge on any atom is -0.481 e. The van der Waals surface area contributed by atoms with E-state index in [1.54, 1.807) is 0 Å². The van der Waals surface area contributed by atoms with Crippen molar-refractivity contribution >= 4 is 23.6 Å². The van der Waals surface area contributed by atoms with Crippen LogP contribution in [0.5, 0.6) is 0 Å². The molecule has 0 atom stereocenters. The standard InChI is InChI=1S/C10H16N2O4S/c1-16-6-5-12(4-2-3-11)9(13)7-17-8-10(14)15/h2,4-8H2,1H3,(H,14,15). The van der Waals surface area contributed by atoms with Crippen LogP contribution in [-0.4, -0.2) is 60.2 Å². The molecule has 0 radical (unpaired) electrons. The Morgan fingerprint density at radius 1 is 1.41 bits per heavy atom. The Hall–Kier alpha value is -1.26. The van der Waals surface area contributed by atoms with Crippen molar-refractivity contribution in [2.24, 2.45) is 0 Å². The maximum absolute atomic E-state index is 11.7. The fourth-order valence-corrected chi connectivity index (χ4v) is 1.70. The molecule has 1 N–H and O–H groups in total. The lowest BCUT2D eigenvalue weighted by molar-refractivity contribution is -0.133. The largest absolute Gasteiger partial charge is 0.481 e. The molecule has 6 nitrogen and oxygen atoms in total. The Balaban J connectivity index is 4.03. The Morgan fingerprint density at radius 3 is 2.65 bits per heavy atom. The van der Waals surface area contributed by atoms with Crippen LogP contribution in [0.25, 0.3) is 0 Å². The van der Waals surface area contributed by atoms with Crippen molar-refractivity contribution in [3.05, 3.63) is 0 Å². The van der Waals surface area contributed by atoms with E-state index in [0.29, 0.717) is 19.7 Å². The Labute approximate surface area is 105 Å². The molecule has 0 heterocycles. The second-order valence-electron chi connectivity index (χ2n) is 3.17. The molecule has 0 aliphatic rings. The summed E-state index contributed by atoms with van der Waals surface area (Å²) in [6.45, 7) is 1.18. The van der Waals surface area contributed by atoms with Crippen LogP contribution in [0.3, 0.4) is 0 Å². The van der Waals surface area contributed by atoms with E-state index in [1.165, 1.54) is 12.0 Å². The summed E-state index contributed by atoms with van der Waals surface area (Å²) in [5.41, 5.74) is 0. The zero-order valence-corrected chi connectivity index (χ0v) is 10.5. The van der Waals surface area contributed by atoms with E-state index in [2.05, 4.69) is 0 Å². The fraction of sp³-hybridized carbons (Fsp3) is 0.700. The van der Waals surface area contributed by atoms with Crippen molar-refractivity contribution in [1.82, 2.24) is 4.90 Å². The molecule has 7 heteroatoms. The summed E-state index contributed by atoms with van der Waals surface area (Å²) in [6.07, 6.45) is 0.263. The quantitative estimate of drug-likeness (QED) is 0.636. The number of carboxylic acids is 1. The van der Waals surface area contributed by atoms with Crippen LogP contribution in [0.2, 0.25) is 0 Å². The number of nitriles is 1. The number of nitrogens with zero attached hydrogens (tertiary/aromatic N) is 2. The van der Waals surface area contributed by atoms with Crippen molar-refractivity contribution in [1.29, 1.82) is 5.26 Å². The van der Waals surface area contributed by atoms with E-state index in [1.807, 2.05) is 6.07 Å². The van der Waals surface area contributed by atoms with Crippen molar-refractivity contribution in [3.8, 4) is 6.07 Å². The van der Waals surface area contributed by atoms with Crippen molar-refractivity contribution in [3.63, 3.8) is 0 Å². The Kier molecular flexibility index (Phi) is 9.19. The van der Waals surface area contributed by atoms with E-state index < -0.39 is 5.97 Å². The molecule has 17 heavy (non-hydrogen) atoms. The number of hydrogen-bond acceptors (Lipinski definition) is 5. The maximum Gasteiger partial charge on any atom is 0.313 e. The van der Waals surface area contributed by atoms with Crippen LogP contribution in [0.15, 0.2) is 0 Å². The lowest BCUT2D eigenvalue weighted by atomic mass is 10.4. The van der Waals surface area contributed by atoms with Gasteiger partial charge in [0.05, 0.1) is 30.6 Å². The molecule has 0 saturated carbocycles. The molecule has 0 aromatic rings. The van der Waals surface area contributed by atoms with Gasteiger partial charge in [0, 0.05) is 20.2 Å². The predicted molar refractivity (Wildman–Crippen MR) is 63.6 cm³/mol. The molecule has 0 saturated heterocycles. The van der Waals surface area contributed by atoms with Gasteiger partial charge in [0.15, 0.2) is 0 Å². The van der Waals surface area contributed by atoms with Crippen LogP contribution in [0.4, 0.5) is 0 Å². The number of thioether (sulfide) groups is 1. The SMILES string of the molecule is COCCN(CCC#N)C(=O)CSCC(=O)O. The van der Waals surface area contributed by atoms with Gasteiger partial charge in [-0.1, -0.05) is 0 Å². The first-order valence-electron chi connectivity index (χ1n) is 5.05. The number of rotatable bonds is 9. The van der Waals surface area contributed by atoms with Gasteiger partial charge in [0.25, 0.3) is 0 Å². The molecule has 0 rings (SSSR count). The highest BCUT2D eigenvalue weighted by Crippen LogP contribution is 2.03. The van der Waals surface area contributed by atoms with Crippen LogP contribution < -0.4 is 0 Å². The van der Waals surface area contributed by atoms with E-state index in [0.717, 1.165) is 11.8 Å². The highest BCUT2D eigenvalue weighted by molar-refractivity contribution is 8.00. The summed E-state index contributed by atoms with van der Waals surface area (Å²) in [5.74, 6) is -1.09. The minimum atomic E-state index is -0.941. The Morgan fingerprint density at radius 2 is 2.12 bits per heavy atom. The number of methoxy groups -OCH3 is 1. The second kappa shape index (κ2) is 9.93. The van der Waals surface area contributed by atoms with Gasteiger partial charge in [-0.2, -0.15) is 5.26 Å². The van der Waals surface area contributed by atoms with E-state index in [4.69, 9.17) is 15.1 Å². The molecule has 0 aromatic heterocycles. The van der Waals surface area contributed by atoms with E-state index in [-0.39, 0.29) is 23.8 Å². The lowest BCUT2D eigenvalue weighted by Gasteiger charge is -2.20. The van der Waals surface area contributed by atoms with Crippen molar-refractivity contribution in [2.45, 2.75) is 6.42 Å². The van der Waals surface area contributed by atoms with Gasteiger partial charge in [0.1, 0.15) is 0 Å². The molecule has 96 valence electrons. The highest BCUT2D eigenvalue weighted by atomic mass is 32.2. The van der Waals surface area contributed by atoms with Gasteiger partial charge in [-0.25, -0.2) is 0 Å². The van der Waals surface area contributed by atoms with Gasteiger partial charge >= 0.3 is 5.97 Å². The maximum atomic E-state index is 11.7. The monoisotopic (exact) mass is 260 g/mol. The Bertz CT molecular complexity index is 291. The molecule has 1 amide bonds. The number of carbonyl (C=O) groups is 2. The zero-order valence-electron chi connectivity index (χ0n) is 9.72. The number of hydrogen-bond donors (Lipinski definition) is 1. The second-order valence-corrected chi connectivity index (χ2v) is 4.15. The van der Waals surface area contributed by atoms with Crippen LogP contribution >= 0.6 is 11.8 Å². The van der Waals surface area contributed by atoms with Crippen LogP contribution in [-0.2, 0) is 14.3 Å². The average Bonchev–Trinajstić information content (AvgIpc) is 2.28. The van der Waals surface area contributed by atoms with Crippen molar-refractivity contribution < 1.29 is 19.4 Å². The zero-order chi connectivity index (χ0) is 13.1. The van der Waals surface area contributed by atoms with E-state index in [9.17, 15) is 9.59 Å². The minimum absolute atomic E-state index is 0.0951. The summed E-state index contributed by atoms with van der Waals surface area (Å²) in [7, 11) is 1.53. The first-order valence-corrected chi connectivity index (χ1v) is 6.20. The van der Waals surface area contributed by atoms with Gasteiger partial charge in [-0.15, -0.1) is 11.8 Å². The summed E-state index contributed by atoms with van der Waals surface area (Å²) < 4.78 is 4.87. The lowest BCUT2D eigenvalue weighted by Crippen LogP contribution is -2.36. The first-order chi connectivity index (χ1) is 8.11. The molecule has 0 bridgehead atoms. The van der Waals surface area contributed by atoms with E-state index >= 15 is 0 Å². The predicted octanol–water partition coefficient (Wildman–Crippen LogP) is 0.193. The first kappa shape index (κ1) is 15.7. The summed E-state index contributed by atoms with van der Waals surface area (Å²) in [4.78, 5) is 23.5. The van der Waals surface area contributed by atoms with Gasteiger partial charge < -0.3 is 14.7 Å². The average molecular weight is 260 g/mol. The smallest absolute Gasteiger partial charge is 0.313 e. The molecular formula is C10H16N2O4S.